The first kappa shape index (κ1) is 19.4. The van der Waals surface area contributed by atoms with E-state index in [1.54, 1.807) is 36.3 Å². The zero-order chi connectivity index (χ0) is 19.2. The molecule has 1 fully saturated rings. The molecule has 0 spiro atoms. The molecule has 0 N–H and O–H groups in total. The molecule has 2 aromatic rings. The van der Waals surface area contributed by atoms with Crippen LogP contribution in [0, 0.1) is 5.82 Å². The number of carbonyl (C=O) groups excluding carboxylic acids is 1. The summed E-state index contributed by atoms with van der Waals surface area (Å²) in [7, 11) is 1.78. The topological polar surface area (TPSA) is 71.5 Å². The van der Waals surface area contributed by atoms with Gasteiger partial charge in [-0.2, -0.15) is 0 Å². The molecule has 1 amide bonds. The van der Waals surface area contributed by atoms with E-state index in [0.717, 1.165) is 25.9 Å². The number of piperidine rings is 1. The molecule has 1 aliphatic heterocycles. The largest absolute Gasteiger partial charge is 0.466 e. The Morgan fingerprint density at radius 2 is 2.11 bits per heavy atom. The van der Waals surface area contributed by atoms with Crippen LogP contribution in [0.5, 0.6) is 5.88 Å². The van der Waals surface area contributed by atoms with Gasteiger partial charge in [0, 0.05) is 45.0 Å². The van der Waals surface area contributed by atoms with Gasteiger partial charge in [0.1, 0.15) is 5.82 Å². The number of nitrogens with zero attached hydrogens (tertiary/aromatic N) is 5. The second-order valence-electron chi connectivity index (χ2n) is 6.43. The first-order valence-electron chi connectivity index (χ1n) is 8.72. The lowest BCUT2D eigenvalue weighted by molar-refractivity contribution is -0.135. The van der Waals surface area contributed by atoms with Gasteiger partial charge in [-0.1, -0.05) is 11.6 Å². The molecule has 1 aliphatic rings. The normalized spacial score (nSPS) is 15.5. The van der Waals surface area contributed by atoms with Crippen LogP contribution in [0.15, 0.2) is 30.5 Å². The van der Waals surface area contributed by atoms with Crippen LogP contribution >= 0.6 is 11.6 Å². The van der Waals surface area contributed by atoms with Gasteiger partial charge in [-0.15, -0.1) is 10.2 Å². The highest BCUT2D eigenvalue weighted by Gasteiger charge is 2.26. The van der Waals surface area contributed by atoms with E-state index in [1.165, 1.54) is 6.07 Å². The molecular formula is C18H21ClFN5O2. The van der Waals surface area contributed by atoms with Gasteiger partial charge in [-0.05, 0) is 31.0 Å². The number of rotatable bonds is 6. The van der Waals surface area contributed by atoms with E-state index >= 15 is 0 Å². The molecule has 0 unspecified atom stereocenters. The predicted molar refractivity (Wildman–Crippen MR) is 97.8 cm³/mol. The first-order valence-corrected chi connectivity index (χ1v) is 9.10. The fourth-order valence-electron chi connectivity index (χ4n) is 3.03. The van der Waals surface area contributed by atoms with Crippen molar-refractivity contribution in [2.75, 3.05) is 26.7 Å². The van der Waals surface area contributed by atoms with Crippen LogP contribution in [0.3, 0.4) is 0 Å². The lowest BCUT2D eigenvalue weighted by atomic mass is 10.0. The van der Waals surface area contributed by atoms with E-state index in [9.17, 15) is 9.18 Å². The highest BCUT2D eigenvalue weighted by molar-refractivity contribution is 6.29. The Morgan fingerprint density at radius 3 is 2.78 bits per heavy atom. The monoisotopic (exact) mass is 393 g/mol. The van der Waals surface area contributed by atoms with Crippen molar-refractivity contribution in [2.45, 2.75) is 25.4 Å². The van der Waals surface area contributed by atoms with E-state index in [4.69, 9.17) is 16.3 Å². The number of hydrogen-bond acceptors (Lipinski definition) is 6. The maximum absolute atomic E-state index is 13.7. The van der Waals surface area contributed by atoms with Gasteiger partial charge in [0.2, 0.25) is 5.88 Å². The molecule has 0 aliphatic carbocycles. The predicted octanol–water partition coefficient (Wildman–Crippen LogP) is 2.17. The Labute approximate surface area is 162 Å². The summed E-state index contributed by atoms with van der Waals surface area (Å²) in [6.45, 7) is 1.94. The van der Waals surface area contributed by atoms with Crippen LogP contribution in [0.4, 0.5) is 4.39 Å². The zero-order valence-electron chi connectivity index (χ0n) is 15.0. The van der Waals surface area contributed by atoms with Crippen molar-refractivity contribution in [3.8, 4) is 5.88 Å². The summed E-state index contributed by atoms with van der Waals surface area (Å²) in [5.41, 5.74) is 0.456. The zero-order valence-corrected chi connectivity index (χ0v) is 15.8. The number of carbonyl (C=O) groups is 1. The molecule has 0 atom stereocenters. The summed E-state index contributed by atoms with van der Waals surface area (Å²) in [4.78, 5) is 20.3. The molecule has 3 heterocycles. The maximum atomic E-state index is 13.7. The third-order valence-electron chi connectivity index (χ3n) is 4.66. The number of pyridine rings is 1. The average Bonchev–Trinajstić information content (AvgIpc) is 2.69. The third-order valence-corrected chi connectivity index (χ3v) is 4.86. The number of likely N-dealkylation sites (N-methyl/N-ethyl adjacent to an activating group) is 1. The number of likely N-dealkylation sites (tertiary alicyclic amines) is 1. The first-order chi connectivity index (χ1) is 13.0. The number of amides is 1. The van der Waals surface area contributed by atoms with Crippen LogP contribution in [0.1, 0.15) is 18.5 Å². The second kappa shape index (κ2) is 9.05. The molecule has 144 valence electrons. The van der Waals surface area contributed by atoms with Crippen molar-refractivity contribution in [3.63, 3.8) is 0 Å². The number of aromatic nitrogens is 3. The molecule has 1 saturated heterocycles. The number of ether oxygens (including phenoxy) is 1. The Kier molecular flexibility index (Phi) is 6.52. The quantitative estimate of drug-likeness (QED) is 0.749. The van der Waals surface area contributed by atoms with Crippen molar-refractivity contribution < 1.29 is 13.9 Å². The van der Waals surface area contributed by atoms with Gasteiger partial charge < -0.3 is 9.64 Å². The fraction of sp³-hybridized carbons (Fsp3) is 0.444. The van der Waals surface area contributed by atoms with E-state index in [1.807, 2.05) is 0 Å². The lowest BCUT2D eigenvalue weighted by Gasteiger charge is -2.36. The van der Waals surface area contributed by atoms with Crippen molar-refractivity contribution in [2.24, 2.45) is 0 Å². The molecule has 9 heteroatoms. The highest BCUT2D eigenvalue weighted by atomic mass is 35.5. The van der Waals surface area contributed by atoms with Gasteiger partial charge in [-0.25, -0.2) is 4.39 Å². The van der Waals surface area contributed by atoms with Crippen LogP contribution in [-0.4, -0.2) is 63.7 Å². The molecule has 0 bridgehead atoms. The average molecular weight is 394 g/mol. The van der Waals surface area contributed by atoms with Crippen molar-refractivity contribution in [1.29, 1.82) is 0 Å². The van der Waals surface area contributed by atoms with Gasteiger partial charge >= 0.3 is 0 Å². The van der Waals surface area contributed by atoms with Crippen molar-refractivity contribution in [3.05, 3.63) is 47.1 Å². The van der Waals surface area contributed by atoms with Crippen LogP contribution in [-0.2, 0) is 11.3 Å². The van der Waals surface area contributed by atoms with Crippen LogP contribution in [0.25, 0.3) is 0 Å². The summed E-state index contributed by atoms with van der Waals surface area (Å²) in [6.07, 6.45) is 3.23. The minimum absolute atomic E-state index is 0.105. The number of hydrogen-bond donors (Lipinski definition) is 0. The second-order valence-corrected chi connectivity index (χ2v) is 6.81. The SMILES string of the molecule is CN(C(=O)COc1ccc(Cl)nn1)C1CCN(Cc2ncccc2F)CC1. The van der Waals surface area contributed by atoms with E-state index in [0.29, 0.717) is 12.2 Å². The molecule has 7 nitrogen and oxygen atoms in total. The van der Waals surface area contributed by atoms with E-state index in [-0.39, 0.29) is 35.4 Å². The summed E-state index contributed by atoms with van der Waals surface area (Å²) in [6, 6.07) is 6.26. The summed E-state index contributed by atoms with van der Waals surface area (Å²) in [5.74, 6) is -0.149. The molecule has 0 radical (unpaired) electrons. The van der Waals surface area contributed by atoms with Gasteiger partial charge in [-0.3, -0.25) is 14.7 Å². The Morgan fingerprint density at radius 1 is 1.33 bits per heavy atom. The molecule has 27 heavy (non-hydrogen) atoms. The minimum atomic E-state index is -0.283. The lowest BCUT2D eigenvalue weighted by Crippen LogP contribution is -2.46. The fourth-order valence-corrected chi connectivity index (χ4v) is 3.13. The van der Waals surface area contributed by atoms with Crippen LogP contribution < -0.4 is 4.74 Å². The maximum Gasteiger partial charge on any atom is 0.260 e. The number of halogens is 2. The van der Waals surface area contributed by atoms with E-state index in [2.05, 4.69) is 20.1 Å². The van der Waals surface area contributed by atoms with Gasteiger partial charge in [0.15, 0.2) is 11.8 Å². The van der Waals surface area contributed by atoms with Gasteiger partial charge in [0.25, 0.3) is 5.91 Å². The molecule has 2 aromatic heterocycles. The summed E-state index contributed by atoms with van der Waals surface area (Å²) in [5, 5.41) is 7.70. The summed E-state index contributed by atoms with van der Waals surface area (Å²) < 4.78 is 19.1. The van der Waals surface area contributed by atoms with Crippen molar-refractivity contribution in [1.82, 2.24) is 25.0 Å². The third kappa shape index (κ3) is 5.33. The smallest absolute Gasteiger partial charge is 0.260 e. The minimum Gasteiger partial charge on any atom is -0.466 e. The molecule has 0 aromatic carbocycles. The summed E-state index contributed by atoms with van der Waals surface area (Å²) >= 11 is 5.66. The molecule has 0 saturated carbocycles. The standard InChI is InChI=1S/C18H21ClFN5O2/c1-24(18(26)12-27-17-5-4-16(19)22-23-17)13-6-9-25(10-7-13)11-15-14(20)3-2-8-21-15/h2-5,8,13H,6-7,9-12H2,1H3. The molecule has 3 rings (SSSR count). The highest BCUT2D eigenvalue weighted by Crippen LogP contribution is 2.18. The van der Waals surface area contributed by atoms with Gasteiger partial charge in [0.05, 0.1) is 5.69 Å². The van der Waals surface area contributed by atoms with Crippen molar-refractivity contribution >= 4 is 17.5 Å². The van der Waals surface area contributed by atoms with Crippen LogP contribution in [0.2, 0.25) is 5.15 Å². The van der Waals surface area contributed by atoms with E-state index < -0.39 is 0 Å². The Balaban J connectivity index is 1.44. The molecular weight excluding hydrogens is 373 g/mol. The Bertz CT molecular complexity index is 769. The Hall–Kier alpha value is -2.32.